The molecule has 0 atom stereocenters. The summed E-state index contributed by atoms with van der Waals surface area (Å²) in [5.74, 6) is 0. The van der Waals surface area contributed by atoms with Gasteiger partial charge in [-0.1, -0.05) is 18.2 Å². The number of rotatable bonds is 2. The molecular formula is C10H9IN2S. The number of thioether (sulfide) groups is 1. The largest absolute Gasteiger partial charge is 0.239 e. The fourth-order valence-electron chi connectivity index (χ4n) is 1.19. The Bertz CT molecular complexity index is 425. The first kappa shape index (κ1) is 10.0. The third-order valence-electron chi connectivity index (χ3n) is 1.85. The molecule has 1 aromatic heterocycles. The van der Waals surface area contributed by atoms with Crippen molar-refractivity contribution in [3.05, 3.63) is 40.1 Å². The molecule has 2 rings (SSSR count). The van der Waals surface area contributed by atoms with E-state index >= 15 is 0 Å². The van der Waals surface area contributed by atoms with E-state index in [9.17, 15) is 0 Å². The summed E-state index contributed by atoms with van der Waals surface area (Å²) in [6.07, 6.45) is 4.08. The van der Waals surface area contributed by atoms with Crippen molar-refractivity contribution in [1.29, 1.82) is 0 Å². The second-order valence-electron chi connectivity index (χ2n) is 2.77. The quantitative estimate of drug-likeness (QED) is 0.625. The minimum absolute atomic E-state index is 1.08. The zero-order valence-electron chi connectivity index (χ0n) is 7.64. The molecule has 0 unspecified atom stereocenters. The van der Waals surface area contributed by atoms with Crippen LogP contribution in [0.25, 0.3) is 5.69 Å². The lowest BCUT2D eigenvalue weighted by atomic mass is 10.3. The lowest BCUT2D eigenvalue weighted by molar-refractivity contribution is 0.838. The fourth-order valence-corrected chi connectivity index (χ4v) is 2.64. The van der Waals surface area contributed by atoms with E-state index in [0.29, 0.717) is 0 Å². The average molecular weight is 316 g/mol. The molecule has 1 heterocycles. The van der Waals surface area contributed by atoms with Gasteiger partial charge in [0.05, 0.1) is 9.26 Å². The summed E-state index contributed by atoms with van der Waals surface area (Å²) in [4.78, 5) is 0. The van der Waals surface area contributed by atoms with Crippen molar-refractivity contribution in [3.63, 3.8) is 0 Å². The number of halogens is 1. The highest BCUT2D eigenvalue weighted by atomic mass is 127. The SMILES string of the molecule is CSc1nn(-c2ccccc2)cc1I. The van der Waals surface area contributed by atoms with Gasteiger partial charge >= 0.3 is 0 Å². The lowest BCUT2D eigenvalue weighted by Gasteiger charge is -1.98. The van der Waals surface area contributed by atoms with Gasteiger partial charge in [-0.3, -0.25) is 0 Å². The van der Waals surface area contributed by atoms with E-state index in [1.807, 2.05) is 47.5 Å². The number of hydrogen-bond donors (Lipinski definition) is 0. The van der Waals surface area contributed by atoms with E-state index in [2.05, 4.69) is 27.7 Å². The van der Waals surface area contributed by atoms with Gasteiger partial charge in [-0.05, 0) is 41.0 Å². The summed E-state index contributed by atoms with van der Waals surface area (Å²) < 4.78 is 3.10. The molecule has 0 saturated carbocycles. The highest BCUT2D eigenvalue weighted by Gasteiger charge is 2.05. The molecule has 4 heteroatoms. The molecular weight excluding hydrogens is 307 g/mol. The smallest absolute Gasteiger partial charge is 0.132 e. The maximum atomic E-state index is 4.47. The van der Waals surface area contributed by atoms with Crippen molar-refractivity contribution >= 4 is 34.4 Å². The Morgan fingerprint density at radius 2 is 2.00 bits per heavy atom. The van der Waals surface area contributed by atoms with Crippen LogP contribution in [0.5, 0.6) is 0 Å². The predicted molar refractivity (Wildman–Crippen MR) is 68.1 cm³/mol. The number of nitrogens with zero attached hydrogens (tertiary/aromatic N) is 2. The summed E-state index contributed by atoms with van der Waals surface area (Å²) >= 11 is 3.98. The van der Waals surface area contributed by atoms with Gasteiger partial charge in [-0.15, -0.1) is 11.8 Å². The van der Waals surface area contributed by atoms with Crippen LogP contribution in [0.2, 0.25) is 0 Å². The van der Waals surface area contributed by atoms with E-state index in [1.165, 1.54) is 3.57 Å². The number of para-hydroxylation sites is 1. The second-order valence-corrected chi connectivity index (χ2v) is 4.72. The lowest BCUT2D eigenvalue weighted by Crippen LogP contribution is -1.93. The fraction of sp³-hybridized carbons (Fsp3) is 0.100. The third-order valence-corrected chi connectivity index (χ3v) is 3.70. The molecule has 0 amide bonds. The molecule has 1 aromatic carbocycles. The zero-order chi connectivity index (χ0) is 9.97. The maximum Gasteiger partial charge on any atom is 0.132 e. The van der Waals surface area contributed by atoms with E-state index in [4.69, 9.17) is 0 Å². The molecule has 0 saturated heterocycles. The summed E-state index contributed by atoms with van der Waals surface area (Å²) in [6.45, 7) is 0. The van der Waals surface area contributed by atoms with Gasteiger partial charge in [0, 0.05) is 6.20 Å². The second kappa shape index (κ2) is 4.35. The molecule has 0 radical (unpaired) electrons. The van der Waals surface area contributed by atoms with Crippen LogP contribution in [-0.4, -0.2) is 16.0 Å². The van der Waals surface area contributed by atoms with Crippen molar-refractivity contribution in [1.82, 2.24) is 9.78 Å². The molecule has 14 heavy (non-hydrogen) atoms. The summed E-state index contributed by atoms with van der Waals surface area (Å²) in [7, 11) is 0. The number of hydrogen-bond acceptors (Lipinski definition) is 2. The molecule has 0 N–H and O–H groups in total. The predicted octanol–water partition coefficient (Wildman–Crippen LogP) is 3.20. The highest BCUT2D eigenvalue weighted by Crippen LogP contribution is 2.21. The first-order valence-electron chi connectivity index (χ1n) is 4.16. The molecule has 0 aliphatic rings. The summed E-state index contributed by atoms with van der Waals surface area (Å²) in [6, 6.07) is 10.1. The molecule has 0 aliphatic carbocycles. The number of benzene rings is 1. The van der Waals surface area contributed by atoms with Gasteiger partial charge in [-0.25, -0.2) is 4.68 Å². The minimum atomic E-state index is 1.08. The Morgan fingerprint density at radius 1 is 1.29 bits per heavy atom. The topological polar surface area (TPSA) is 17.8 Å². The van der Waals surface area contributed by atoms with E-state index in [0.717, 1.165) is 10.7 Å². The van der Waals surface area contributed by atoms with Gasteiger partial charge in [0.25, 0.3) is 0 Å². The highest BCUT2D eigenvalue weighted by molar-refractivity contribution is 14.1. The van der Waals surface area contributed by atoms with Gasteiger partial charge < -0.3 is 0 Å². The van der Waals surface area contributed by atoms with Crippen LogP contribution >= 0.6 is 34.4 Å². The first-order chi connectivity index (χ1) is 6.81. The average Bonchev–Trinajstić information content (AvgIpc) is 2.61. The van der Waals surface area contributed by atoms with Crippen molar-refractivity contribution in [2.24, 2.45) is 0 Å². The number of aromatic nitrogens is 2. The Morgan fingerprint density at radius 3 is 2.57 bits per heavy atom. The Labute approximate surface area is 101 Å². The van der Waals surface area contributed by atoms with Crippen LogP contribution in [0.3, 0.4) is 0 Å². The molecule has 2 nitrogen and oxygen atoms in total. The Balaban J connectivity index is 2.43. The molecule has 0 spiro atoms. The third kappa shape index (κ3) is 1.95. The maximum absolute atomic E-state index is 4.47. The Hall–Kier alpha value is -0.490. The van der Waals surface area contributed by atoms with Crippen LogP contribution in [0.15, 0.2) is 41.6 Å². The van der Waals surface area contributed by atoms with Crippen molar-refractivity contribution in [2.45, 2.75) is 5.03 Å². The first-order valence-corrected chi connectivity index (χ1v) is 6.46. The van der Waals surface area contributed by atoms with Gasteiger partial charge in [0.1, 0.15) is 5.03 Å². The monoisotopic (exact) mass is 316 g/mol. The van der Waals surface area contributed by atoms with Crippen LogP contribution in [0.1, 0.15) is 0 Å². The van der Waals surface area contributed by atoms with Crippen molar-refractivity contribution < 1.29 is 0 Å². The van der Waals surface area contributed by atoms with E-state index in [-0.39, 0.29) is 0 Å². The van der Waals surface area contributed by atoms with Crippen LogP contribution in [0.4, 0.5) is 0 Å². The van der Waals surface area contributed by atoms with E-state index < -0.39 is 0 Å². The minimum Gasteiger partial charge on any atom is -0.239 e. The molecule has 2 aromatic rings. The van der Waals surface area contributed by atoms with Gasteiger partial charge in [-0.2, -0.15) is 5.10 Å². The van der Waals surface area contributed by atoms with Crippen molar-refractivity contribution in [3.8, 4) is 5.69 Å². The normalized spacial score (nSPS) is 10.4. The van der Waals surface area contributed by atoms with Crippen LogP contribution in [0, 0.1) is 3.57 Å². The van der Waals surface area contributed by atoms with Gasteiger partial charge in [0.15, 0.2) is 0 Å². The van der Waals surface area contributed by atoms with Crippen molar-refractivity contribution in [2.75, 3.05) is 6.26 Å². The van der Waals surface area contributed by atoms with Crippen LogP contribution in [-0.2, 0) is 0 Å². The van der Waals surface area contributed by atoms with Crippen LogP contribution < -0.4 is 0 Å². The molecule has 0 bridgehead atoms. The Kier molecular flexibility index (Phi) is 3.12. The zero-order valence-corrected chi connectivity index (χ0v) is 10.6. The molecule has 0 aliphatic heterocycles. The summed E-state index contributed by atoms with van der Waals surface area (Å²) in [5.41, 5.74) is 1.10. The standard InChI is InChI=1S/C10H9IN2S/c1-14-10-9(11)7-13(12-10)8-5-3-2-4-6-8/h2-7H,1H3. The molecule has 72 valence electrons. The summed E-state index contributed by atoms with van der Waals surface area (Å²) in [5, 5.41) is 5.55. The molecule has 0 fully saturated rings. The van der Waals surface area contributed by atoms with Gasteiger partial charge in [0.2, 0.25) is 0 Å². The van der Waals surface area contributed by atoms with E-state index in [1.54, 1.807) is 11.8 Å².